The molecule has 3 amide bonds. The fraction of sp³-hybridized carbons (Fsp3) is 0.556. The molecule has 1 aromatic rings. The number of rotatable bonds is 6. The molecule has 0 atom stereocenters. The van der Waals surface area contributed by atoms with Gasteiger partial charge in [-0.15, -0.1) is 0 Å². The average Bonchev–Trinajstić information content (AvgIpc) is 2.69. The number of nitrogens with one attached hydrogen (secondary N) is 1. The summed E-state index contributed by atoms with van der Waals surface area (Å²) >= 11 is 0. The highest BCUT2D eigenvalue weighted by molar-refractivity contribution is 7.89. The van der Waals surface area contributed by atoms with Crippen LogP contribution in [0.1, 0.15) is 20.8 Å². The van der Waals surface area contributed by atoms with Gasteiger partial charge in [0.2, 0.25) is 10.0 Å². The second-order valence-electron chi connectivity index (χ2n) is 6.22. The lowest BCUT2D eigenvalue weighted by Gasteiger charge is -2.33. The summed E-state index contributed by atoms with van der Waals surface area (Å²) in [7, 11) is -3.66. The maximum Gasteiger partial charge on any atom is 0.409 e. The molecule has 1 heterocycles. The molecule has 0 unspecified atom stereocenters. The van der Waals surface area contributed by atoms with Gasteiger partial charge in [0.15, 0.2) is 0 Å². The van der Waals surface area contributed by atoms with Crippen LogP contribution < -0.4 is 5.32 Å². The minimum atomic E-state index is -3.66. The highest BCUT2D eigenvalue weighted by atomic mass is 32.2. The van der Waals surface area contributed by atoms with Gasteiger partial charge >= 0.3 is 12.1 Å². The molecule has 1 aliphatic heterocycles. The highest BCUT2D eigenvalue weighted by Gasteiger charge is 2.30. The van der Waals surface area contributed by atoms with Crippen LogP contribution in [0.15, 0.2) is 29.2 Å². The van der Waals surface area contributed by atoms with Gasteiger partial charge in [0.05, 0.1) is 11.5 Å². The SMILES string of the molecule is CCOC(=O)N1CCN(S(=O)(=O)c2ccc(NC(=O)N(CC)CC)cc2)CC1. The Balaban J connectivity index is 2.01. The first-order valence-corrected chi connectivity index (χ1v) is 10.8. The van der Waals surface area contributed by atoms with Gasteiger partial charge in [-0.2, -0.15) is 4.31 Å². The molecular formula is C18H28N4O5S. The van der Waals surface area contributed by atoms with E-state index in [1.54, 1.807) is 24.0 Å². The summed E-state index contributed by atoms with van der Waals surface area (Å²) in [4.78, 5) is 27.1. The zero-order valence-corrected chi connectivity index (χ0v) is 17.4. The third-order valence-corrected chi connectivity index (χ3v) is 6.47. The van der Waals surface area contributed by atoms with Crippen molar-refractivity contribution in [1.82, 2.24) is 14.1 Å². The first-order chi connectivity index (χ1) is 13.3. The van der Waals surface area contributed by atoms with Crippen LogP contribution in [0.3, 0.4) is 0 Å². The standard InChI is InChI=1S/C18H28N4O5S/c1-4-20(5-2)17(23)19-15-7-9-16(10-8-15)28(25,26)22-13-11-21(12-14-22)18(24)27-6-3/h7-10H,4-6,11-14H2,1-3H3,(H,19,23). The molecule has 156 valence electrons. The van der Waals surface area contributed by atoms with Crippen LogP contribution in [0.2, 0.25) is 0 Å². The van der Waals surface area contributed by atoms with E-state index >= 15 is 0 Å². The lowest BCUT2D eigenvalue weighted by molar-refractivity contribution is 0.0934. The number of hydrogen-bond donors (Lipinski definition) is 1. The van der Waals surface area contributed by atoms with E-state index in [4.69, 9.17) is 4.74 Å². The quantitative estimate of drug-likeness (QED) is 0.771. The Hall–Kier alpha value is -2.33. The van der Waals surface area contributed by atoms with Gasteiger partial charge in [-0.25, -0.2) is 18.0 Å². The van der Waals surface area contributed by atoms with E-state index in [0.29, 0.717) is 18.8 Å². The molecule has 28 heavy (non-hydrogen) atoms. The van der Waals surface area contributed by atoms with E-state index in [0.717, 1.165) is 0 Å². The van der Waals surface area contributed by atoms with Crippen molar-refractivity contribution in [3.8, 4) is 0 Å². The molecule has 1 fully saturated rings. The minimum absolute atomic E-state index is 0.151. The molecule has 9 nitrogen and oxygen atoms in total. The minimum Gasteiger partial charge on any atom is -0.450 e. The van der Waals surface area contributed by atoms with Crippen molar-refractivity contribution in [2.24, 2.45) is 0 Å². The van der Waals surface area contributed by atoms with Crippen LogP contribution in [0, 0.1) is 0 Å². The molecular weight excluding hydrogens is 384 g/mol. The third-order valence-electron chi connectivity index (χ3n) is 4.56. The number of benzene rings is 1. The smallest absolute Gasteiger partial charge is 0.409 e. The number of ether oxygens (including phenoxy) is 1. The maximum atomic E-state index is 12.8. The predicted octanol–water partition coefficient (Wildman–Crippen LogP) is 2.02. The van der Waals surface area contributed by atoms with Gasteiger partial charge in [-0.3, -0.25) is 0 Å². The van der Waals surface area contributed by atoms with Crippen molar-refractivity contribution in [3.63, 3.8) is 0 Å². The zero-order chi connectivity index (χ0) is 20.7. The molecule has 1 saturated heterocycles. The van der Waals surface area contributed by atoms with Gasteiger partial charge in [0.1, 0.15) is 0 Å². The van der Waals surface area contributed by atoms with Crippen LogP contribution in [-0.2, 0) is 14.8 Å². The van der Waals surface area contributed by atoms with E-state index in [-0.39, 0.29) is 43.7 Å². The number of anilines is 1. The van der Waals surface area contributed by atoms with Gasteiger partial charge in [0, 0.05) is 45.0 Å². The molecule has 0 bridgehead atoms. The molecule has 0 radical (unpaired) electrons. The number of sulfonamides is 1. The molecule has 1 aromatic carbocycles. The Morgan fingerprint density at radius 2 is 1.61 bits per heavy atom. The van der Waals surface area contributed by atoms with Gasteiger partial charge < -0.3 is 19.9 Å². The van der Waals surface area contributed by atoms with Crippen LogP contribution in [0.25, 0.3) is 0 Å². The Kier molecular flexibility index (Phi) is 7.64. The summed E-state index contributed by atoms with van der Waals surface area (Å²) in [5, 5.41) is 2.75. The molecule has 1 N–H and O–H groups in total. The molecule has 2 rings (SSSR count). The Bertz CT molecular complexity index is 770. The second kappa shape index (κ2) is 9.74. The van der Waals surface area contributed by atoms with Gasteiger partial charge in [0.25, 0.3) is 0 Å². The number of urea groups is 1. The lowest BCUT2D eigenvalue weighted by Crippen LogP contribution is -2.50. The van der Waals surface area contributed by atoms with Gasteiger partial charge in [-0.1, -0.05) is 0 Å². The summed E-state index contributed by atoms with van der Waals surface area (Å²) in [6, 6.07) is 5.87. The fourth-order valence-electron chi connectivity index (χ4n) is 2.90. The van der Waals surface area contributed by atoms with Crippen LogP contribution in [-0.4, -0.2) is 80.5 Å². The Morgan fingerprint density at radius 1 is 1.04 bits per heavy atom. The average molecular weight is 413 g/mol. The van der Waals surface area contributed by atoms with Crippen LogP contribution >= 0.6 is 0 Å². The third kappa shape index (κ3) is 5.14. The first-order valence-electron chi connectivity index (χ1n) is 9.41. The zero-order valence-electron chi connectivity index (χ0n) is 16.6. The first kappa shape index (κ1) is 22.0. The monoisotopic (exact) mass is 412 g/mol. The topological polar surface area (TPSA) is 99.3 Å². The fourth-order valence-corrected chi connectivity index (χ4v) is 4.32. The largest absolute Gasteiger partial charge is 0.450 e. The van der Waals surface area contributed by atoms with Gasteiger partial charge in [-0.05, 0) is 45.0 Å². The summed E-state index contributed by atoms with van der Waals surface area (Å²) in [5.41, 5.74) is 0.531. The second-order valence-corrected chi connectivity index (χ2v) is 8.15. The van der Waals surface area contributed by atoms with E-state index in [9.17, 15) is 18.0 Å². The maximum absolute atomic E-state index is 12.8. The number of piperazine rings is 1. The number of nitrogens with zero attached hydrogens (tertiary/aromatic N) is 3. The molecule has 1 aliphatic rings. The lowest BCUT2D eigenvalue weighted by atomic mass is 10.3. The summed E-state index contributed by atoms with van der Waals surface area (Å²) in [6.07, 6.45) is -0.423. The molecule has 10 heteroatoms. The summed E-state index contributed by atoms with van der Waals surface area (Å²) in [5.74, 6) is 0. The summed E-state index contributed by atoms with van der Waals surface area (Å²) in [6.45, 7) is 7.97. The van der Waals surface area contributed by atoms with Crippen molar-refractivity contribution in [2.45, 2.75) is 25.7 Å². The number of amides is 3. The normalized spacial score (nSPS) is 15.2. The molecule has 0 aliphatic carbocycles. The molecule has 0 aromatic heterocycles. The highest BCUT2D eigenvalue weighted by Crippen LogP contribution is 2.20. The van der Waals surface area contributed by atoms with E-state index in [1.165, 1.54) is 21.3 Å². The number of hydrogen-bond acceptors (Lipinski definition) is 5. The van der Waals surface area contributed by atoms with Crippen molar-refractivity contribution in [2.75, 3.05) is 51.2 Å². The van der Waals surface area contributed by atoms with Crippen molar-refractivity contribution in [3.05, 3.63) is 24.3 Å². The number of carbonyl (C=O) groups excluding carboxylic acids is 2. The van der Waals surface area contributed by atoms with Crippen molar-refractivity contribution >= 4 is 27.8 Å². The Morgan fingerprint density at radius 3 is 2.11 bits per heavy atom. The van der Waals surface area contributed by atoms with Crippen molar-refractivity contribution in [1.29, 1.82) is 0 Å². The predicted molar refractivity (Wildman–Crippen MR) is 106 cm³/mol. The molecule has 0 spiro atoms. The van der Waals surface area contributed by atoms with Crippen LogP contribution in [0.4, 0.5) is 15.3 Å². The Labute approximate surface area is 166 Å². The van der Waals surface area contributed by atoms with E-state index in [2.05, 4.69) is 5.32 Å². The molecule has 0 saturated carbocycles. The van der Waals surface area contributed by atoms with E-state index < -0.39 is 16.1 Å². The number of carbonyl (C=O) groups is 2. The van der Waals surface area contributed by atoms with Crippen LogP contribution in [0.5, 0.6) is 0 Å². The van der Waals surface area contributed by atoms with E-state index in [1.807, 2.05) is 13.8 Å². The summed E-state index contributed by atoms with van der Waals surface area (Å²) < 4.78 is 31.9. The van der Waals surface area contributed by atoms with Crippen molar-refractivity contribution < 1.29 is 22.7 Å².